The summed E-state index contributed by atoms with van der Waals surface area (Å²) in [5, 5.41) is 6.50. The maximum Gasteiger partial charge on any atom is 0.292 e. The number of likely N-dealkylation sites (N-methyl/N-ethyl adjacent to an activating group) is 1. The molecule has 0 unspecified atom stereocenters. The number of nitrogens with zero attached hydrogens (tertiary/aromatic N) is 5. The van der Waals surface area contributed by atoms with Crippen molar-refractivity contribution < 1.29 is 9.32 Å². The monoisotopic (exact) mass is 349 g/mol. The maximum absolute atomic E-state index is 12.6. The molecule has 8 heteroatoms. The molecular formula is C16H23N5O2S. The minimum atomic E-state index is -0.124. The Morgan fingerprint density at radius 3 is 2.83 bits per heavy atom. The minimum absolute atomic E-state index is 0.124. The van der Waals surface area contributed by atoms with E-state index in [1.165, 1.54) is 6.20 Å². The van der Waals surface area contributed by atoms with Crippen LogP contribution in [-0.4, -0.2) is 77.1 Å². The number of amides is 1. The molecule has 3 heterocycles. The molecule has 0 saturated carbocycles. The van der Waals surface area contributed by atoms with Crippen molar-refractivity contribution >= 4 is 17.2 Å². The quantitative estimate of drug-likeness (QED) is 0.753. The molecule has 130 valence electrons. The lowest BCUT2D eigenvalue weighted by Crippen LogP contribution is -2.45. The van der Waals surface area contributed by atoms with Crippen LogP contribution in [0.25, 0.3) is 0 Å². The highest BCUT2D eigenvalue weighted by Crippen LogP contribution is 2.13. The standard InChI is InChI=1S/C16H23N5O2S/c1-19-8-10-20(11-9-19)6-2-7-21(13-15-17-5-12-24-15)16(22)14-3-4-18-23-14/h3-5,12H,2,6-11,13H2,1H3. The van der Waals surface area contributed by atoms with Crippen molar-refractivity contribution in [2.75, 3.05) is 46.3 Å². The molecule has 0 bridgehead atoms. The highest BCUT2D eigenvalue weighted by molar-refractivity contribution is 7.09. The van der Waals surface area contributed by atoms with Crippen LogP contribution in [0.4, 0.5) is 0 Å². The third-order valence-electron chi connectivity index (χ3n) is 4.24. The summed E-state index contributed by atoms with van der Waals surface area (Å²) in [6, 6.07) is 1.61. The second kappa shape index (κ2) is 8.36. The third kappa shape index (κ3) is 4.62. The molecule has 24 heavy (non-hydrogen) atoms. The minimum Gasteiger partial charge on any atom is -0.351 e. The van der Waals surface area contributed by atoms with Gasteiger partial charge in [0, 0.05) is 50.4 Å². The fraction of sp³-hybridized carbons (Fsp3) is 0.562. The summed E-state index contributed by atoms with van der Waals surface area (Å²) in [6.07, 6.45) is 4.20. The first-order chi connectivity index (χ1) is 11.7. The van der Waals surface area contributed by atoms with Crippen LogP contribution < -0.4 is 0 Å². The molecule has 0 atom stereocenters. The second-order valence-electron chi connectivity index (χ2n) is 6.03. The summed E-state index contributed by atoms with van der Waals surface area (Å²) in [4.78, 5) is 23.5. The number of hydrogen-bond acceptors (Lipinski definition) is 7. The molecule has 1 fully saturated rings. The van der Waals surface area contributed by atoms with Gasteiger partial charge in [0.2, 0.25) is 5.76 Å². The zero-order chi connectivity index (χ0) is 16.8. The van der Waals surface area contributed by atoms with Crippen LogP contribution in [0.2, 0.25) is 0 Å². The fourth-order valence-corrected chi connectivity index (χ4v) is 3.42. The van der Waals surface area contributed by atoms with Gasteiger partial charge in [0.25, 0.3) is 5.91 Å². The molecular weight excluding hydrogens is 326 g/mol. The molecule has 1 saturated heterocycles. The van der Waals surface area contributed by atoms with E-state index in [0.717, 1.165) is 44.2 Å². The van der Waals surface area contributed by atoms with Crippen LogP contribution in [0.1, 0.15) is 22.0 Å². The normalized spacial score (nSPS) is 16.4. The van der Waals surface area contributed by atoms with E-state index in [9.17, 15) is 4.79 Å². The van der Waals surface area contributed by atoms with Gasteiger partial charge in [0.15, 0.2) is 0 Å². The Hall–Kier alpha value is -1.77. The molecule has 0 N–H and O–H groups in total. The van der Waals surface area contributed by atoms with E-state index in [2.05, 4.69) is 27.0 Å². The van der Waals surface area contributed by atoms with Crippen molar-refractivity contribution in [2.45, 2.75) is 13.0 Å². The lowest BCUT2D eigenvalue weighted by Gasteiger charge is -2.32. The van der Waals surface area contributed by atoms with Crippen LogP contribution in [0.5, 0.6) is 0 Å². The Bertz CT molecular complexity index is 608. The Morgan fingerprint density at radius 1 is 1.33 bits per heavy atom. The van der Waals surface area contributed by atoms with Crippen molar-refractivity contribution in [1.29, 1.82) is 0 Å². The van der Waals surface area contributed by atoms with Crippen molar-refractivity contribution in [3.63, 3.8) is 0 Å². The van der Waals surface area contributed by atoms with Gasteiger partial charge in [0.1, 0.15) is 5.01 Å². The zero-order valence-corrected chi connectivity index (χ0v) is 14.7. The van der Waals surface area contributed by atoms with Crippen molar-refractivity contribution in [3.8, 4) is 0 Å². The third-order valence-corrected chi connectivity index (χ3v) is 5.01. The zero-order valence-electron chi connectivity index (χ0n) is 13.9. The van der Waals surface area contributed by atoms with E-state index in [1.54, 1.807) is 28.5 Å². The molecule has 7 nitrogen and oxygen atoms in total. The van der Waals surface area contributed by atoms with Gasteiger partial charge in [-0.1, -0.05) is 5.16 Å². The fourth-order valence-electron chi connectivity index (χ4n) is 2.79. The van der Waals surface area contributed by atoms with E-state index >= 15 is 0 Å². The number of carbonyl (C=O) groups is 1. The predicted octanol–water partition coefficient (Wildman–Crippen LogP) is 1.41. The highest BCUT2D eigenvalue weighted by atomic mass is 32.1. The molecule has 0 aliphatic carbocycles. The predicted molar refractivity (Wildman–Crippen MR) is 91.9 cm³/mol. The molecule has 0 spiro atoms. The summed E-state index contributed by atoms with van der Waals surface area (Å²) < 4.78 is 5.03. The number of carbonyl (C=O) groups excluding carboxylic acids is 1. The van der Waals surface area contributed by atoms with Gasteiger partial charge in [-0.25, -0.2) is 4.98 Å². The number of aromatic nitrogens is 2. The molecule has 1 amide bonds. The second-order valence-corrected chi connectivity index (χ2v) is 7.01. The Kier molecular flexibility index (Phi) is 5.95. The summed E-state index contributed by atoms with van der Waals surface area (Å²) in [6.45, 7) is 6.62. The van der Waals surface area contributed by atoms with Gasteiger partial charge in [0.05, 0.1) is 12.7 Å². The summed E-state index contributed by atoms with van der Waals surface area (Å²) in [7, 11) is 2.16. The maximum atomic E-state index is 12.6. The van der Waals surface area contributed by atoms with Gasteiger partial charge < -0.3 is 19.2 Å². The van der Waals surface area contributed by atoms with Gasteiger partial charge >= 0.3 is 0 Å². The van der Waals surface area contributed by atoms with E-state index in [-0.39, 0.29) is 11.7 Å². The number of thiazole rings is 1. The first kappa shape index (κ1) is 17.1. The molecule has 2 aromatic rings. The number of rotatable bonds is 7. The van der Waals surface area contributed by atoms with Gasteiger partial charge in [-0.3, -0.25) is 4.79 Å². The topological polar surface area (TPSA) is 65.7 Å². The average molecular weight is 349 g/mol. The van der Waals surface area contributed by atoms with Crippen LogP contribution in [0.3, 0.4) is 0 Å². The summed E-state index contributed by atoms with van der Waals surface area (Å²) in [5.74, 6) is 0.159. The van der Waals surface area contributed by atoms with Crippen LogP contribution >= 0.6 is 11.3 Å². The first-order valence-electron chi connectivity index (χ1n) is 8.21. The van der Waals surface area contributed by atoms with Crippen molar-refractivity contribution in [3.05, 3.63) is 34.6 Å². The van der Waals surface area contributed by atoms with Crippen LogP contribution in [-0.2, 0) is 6.54 Å². The highest BCUT2D eigenvalue weighted by Gasteiger charge is 2.21. The molecule has 2 aromatic heterocycles. The van der Waals surface area contributed by atoms with E-state index in [1.807, 2.05) is 5.38 Å². The Balaban J connectivity index is 1.54. The van der Waals surface area contributed by atoms with Crippen LogP contribution in [0, 0.1) is 0 Å². The number of hydrogen-bond donors (Lipinski definition) is 0. The molecule has 3 rings (SSSR count). The Labute approximate surface area is 145 Å². The van der Waals surface area contributed by atoms with E-state index in [4.69, 9.17) is 4.52 Å². The largest absolute Gasteiger partial charge is 0.351 e. The lowest BCUT2D eigenvalue weighted by molar-refractivity contribution is 0.0687. The van der Waals surface area contributed by atoms with Crippen molar-refractivity contribution in [2.24, 2.45) is 0 Å². The van der Waals surface area contributed by atoms with Crippen molar-refractivity contribution in [1.82, 2.24) is 24.8 Å². The van der Waals surface area contributed by atoms with E-state index < -0.39 is 0 Å². The van der Waals surface area contributed by atoms with E-state index in [0.29, 0.717) is 13.1 Å². The van der Waals surface area contributed by atoms with Gasteiger partial charge in [-0.15, -0.1) is 11.3 Å². The first-order valence-corrected chi connectivity index (χ1v) is 9.09. The van der Waals surface area contributed by atoms with Gasteiger partial charge in [-0.2, -0.15) is 0 Å². The molecule has 0 radical (unpaired) electrons. The molecule has 0 aromatic carbocycles. The lowest BCUT2D eigenvalue weighted by atomic mass is 10.2. The smallest absolute Gasteiger partial charge is 0.292 e. The van der Waals surface area contributed by atoms with Crippen LogP contribution in [0.15, 0.2) is 28.4 Å². The Morgan fingerprint density at radius 2 is 2.17 bits per heavy atom. The van der Waals surface area contributed by atoms with Gasteiger partial charge in [-0.05, 0) is 20.0 Å². The summed E-state index contributed by atoms with van der Waals surface area (Å²) >= 11 is 1.56. The molecule has 1 aliphatic heterocycles. The molecule has 1 aliphatic rings. The SMILES string of the molecule is CN1CCN(CCCN(Cc2nccs2)C(=O)c2ccno2)CC1. The average Bonchev–Trinajstić information content (AvgIpc) is 3.29. The number of piperazine rings is 1. The summed E-state index contributed by atoms with van der Waals surface area (Å²) in [5.41, 5.74) is 0.